The second-order valence-corrected chi connectivity index (χ2v) is 7.08. The number of benzene rings is 3. The van der Waals surface area contributed by atoms with Crippen molar-refractivity contribution in [3.05, 3.63) is 99.8 Å². The summed E-state index contributed by atoms with van der Waals surface area (Å²) in [6.07, 6.45) is 0. The van der Waals surface area contributed by atoms with Gasteiger partial charge in [0.1, 0.15) is 5.82 Å². The van der Waals surface area contributed by atoms with Crippen molar-refractivity contribution >= 4 is 33.4 Å². The average molecular weight is 441 g/mol. The summed E-state index contributed by atoms with van der Waals surface area (Å²) in [5.74, 6) is -1.19. The molecule has 1 unspecified atom stereocenters. The molecule has 0 aliphatic heterocycles. The fourth-order valence-corrected chi connectivity index (χ4v) is 3.28. The van der Waals surface area contributed by atoms with Crippen LogP contribution >= 0.6 is 15.9 Å². The molecule has 0 aromatic heterocycles. The van der Waals surface area contributed by atoms with Crippen LogP contribution < -0.4 is 10.6 Å². The van der Waals surface area contributed by atoms with Gasteiger partial charge in [-0.3, -0.25) is 9.59 Å². The van der Waals surface area contributed by atoms with Gasteiger partial charge in [0.25, 0.3) is 11.8 Å². The predicted molar refractivity (Wildman–Crippen MR) is 111 cm³/mol. The number of rotatable bonds is 5. The average Bonchev–Trinajstić information content (AvgIpc) is 2.68. The zero-order chi connectivity index (χ0) is 20.1. The molecule has 2 N–H and O–H groups in total. The van der Waals surface area contributed by atoms with Crippen LogP contribution in [0.5, 0.6) is 0 Å². The first-order valence-electron chi connectivity index (χ1n) is 8.67. The minimum Gasteiger partial charge on any atom is -0.345 e. The maximum absolute atomic E-state index is 13.3. The number of hydrogen-bond acceptors (Lipinski definition) is 2. The standard InChI is InChI=1S/C22H18BrFN2O2/c1-14(15-7-3-2-4-8-15)25-22(28)18-9-5-6-10-20(18)26-21(27)17-12-11-16(24)13-19(17)23/h2-14H,1H3,(H,25,28)(H,26,27). The normalized spacial score (nSPS) is 11.5. The lowest BCUT2D eigenvalue weighted by atomic mass is 10.1. The lowest BCUT2D eigenvalue weighted by Gasteiger charge is -2.16. The highest BCUT2D eigenvalue weighted by molar-refractivity contribution is 9.10. The first kappa shape index (κ1) is 19.8. The molecule has 0 fully saturated rings. The molecule has 0 aliphatic carbocycles. The fraction of sp³-hybridized carbons (Fsp3) is 0.0909. The highest BCUT2D eigenvalue weighted by atomic mass is 79.9. The summed E-state index contributed by atoms with van der Waals surface area (Å²) in [7, 11) is 0. The summed E-state index contributed by atoms with van der Waals surface area (Å²) in [4.78, 5) is 25.3. The van der Waals surface area contributed by atoms with Gasteiger partial charge in [-0.25, -0.2) is 4.39 Å². The van der Waals surface area contributed by atoms with Gasteiger partial charge in [0.05, 0.1) is 22.9 Å². The van der Waals surface area contributed by atoms with Crippen molar-refractivity contribution in [3.8, 4) is 0 Å². The zero-order valence-corrected chi connectivity index (χ0v) is 16.7. The Balaban J connectivity index is 1.79. The molecule has 0 bridgehead atoms. The fourth-order valence-electron chi connectivity index (χ4n) is 2.75. The largest absolute Gasteiger partial charge is 0.345 e. The van der Waals surface area contributed by atoms with Gasteiger partial charge in [0, 0.05) is 4.47 Å². The Morgan fingerprint density at radius 1 is 0.893 bits per heavy atom. The third-order valence-electron chi connectivity index (χ3n) is 4.24. The number of nitrogens with one attached hydrogen (secondary N) is 2. The maximum atomic E-state index is 13.3. The van der Waals surface area contributed by atoms with Crippen molar-refractivity contribution in [1.29, 1.82) is 0 Å². The van der Waals surface area contributed by atoms with Crippen LogP contribution in [0.25, 0.3) is 0 Å². The van der Waals surface area contributed by atoms with Crippen LogP contribution in [-0.2, 0) is 0 Å². The molecule has 0 saturated carbocycles. The second kappa shape index (κ2) is 8.80. The van der Waals surface area contributed by atoms with Gasteiger partial charge in [-0.2, -0.15) is 0 Å². The molecule has 4 nitrogen and oxygen atoms in total. The monoisotopic (exact) mass is 440 g/mol. The molecule has 3 aromatic rings. The summed E-state index contributed by atoms with van der Waals surface area (Å²) >= 11 is 3.19. The van der Waals surface area contributed by atoms with E-state index >= 15 is 0 Å². The van der Waals surface area contributed by atoms with Crippen LogP contribution in [0.1, 0.15) is 39.2 Å². The van der Waals surface area contributed by atoms with E-state index in [1.54, 1.807) is 24.3 Å². The predicted octanol–water partition coefficient (Wildman–Crippen LogP) is 5.33. The Morgan fingerprint density at radius 2 is 1.57 bits per heavy atom. The Bertz CT molecular complexity index is 1010. The second-order valence-electron chi connectivity index (χ2n) is 6.23. The van der Waals surface area contributed by atoms with Gasteiger partial charge in [0.2, 0.25) is 0 Å². The van der Waals surface area contributed by atoms with Crippen LogP contribution in [0.15, 0.2) is 77.3 Å². The van der Waals surface area contributed by atoms with Gasteiger partial charge >= 0.3 is 0 Å². The number of halogens is 2. The molecular weight excluding hydrogens is 423 g/mol. The van der Waals surface area contributed by atoms with E-state index < -0.39 is 11.7 Å². The molecule has 3 aromatic carbocycles. The number of hydrogen-bond donors (Lipinski definition) is 2. The summed E-state index contributed by atoms with van der Waals surface area (Å²) in [6.45, 7) is 1.89. The minimum absolute atomic E-state index is 0.191. The quantitative estimate of drug-likeness (QED) is 0.562. The number of carbonyl (C=O) groups is 2. The molecule has 0 radical (unpaired) electrons. The van der Waals surface area contributed by atoms with E-state index in [0.717, 1.165) is 5.56 Å². The van der Waals surface area contributed by atoms with Gasteiger partial charge in [-0.15, -0.1) is 0 Å². The molecule has 28 heavy (non-hydrogen) atoms. The van der Waals surface area contributed by atoms with E-state index in [4.69, 9.17) is 0 Å². The van der Waals surface area contributed by atoms with Crippen LogP contribution in [0.3, 0.4) is 0 Å². The van der Waals surface area contributed by atoms with E-state index in [0.29, 0.717) is 15.7 Å². The third-order valence-corrected chi connectivity index (χ3v) is 4.90. The van der Waals surface area contributed by atoms with Crippen molar-refractivity contribution in [2.45, 2.75) is 13.0 Å². The van der Waals surface area contributed by atoms with Crippen LogP contribution in [0, 0.1) is 5.82 Å². The van der Waals surface area contributed by atoms with Crippen LogP contribution in [-0.4, -0.2) is 11.8 Å². The highest BCUT2D eigenvalue weighted by Gasteiger charge is 2.17. The Kier molecular flexibility index (Phi) is 6.21. The number of anilines is 1. The Morgan fingerprint density at radius 3 is 2.29 bits per heavy atom. The van der Waals surface area contributed by atoms with E-state index in [1.165, 1.54) is 18.2 Å². The number of carbonyl (C=O) groups excluding carboxylic acids is 2. The molecule has 2 amide bonds. The summed E-state index contributed by atoms with van der Waals surface area (Å²) in [6, 6.07) is 20.0. The van der Waals surface area contributed by atoms with Gasteiger partial charge < -0.3 is 10.6 Å². The summed E-state index contributed by atoms with van der Waals surface area (Å²) < 4.78 is 13.6. The zero-order valence-electron chi connectivity index (χ0n) is 15.1. The number of amides is 2. The van der Waals surface area contributed by atoms with Gasteiger partial charge in [-0.1, -0.05) is 42.5 Å². The van der Waals surface area contributed by atoms with Crippen molar-refractivity contribution in [2.75, 3.05) is 5.32 Å². The van der Waals surface area contributed by atoms with E-state index in [1.807, 2.05) is 37.3 Å². The summed E-state index contributed by atoms with van der Waals surface area (Å²) in [5, 5.41) is 5.66. The molecule has 0 spiro atoms. The Hall–Kier alpha value is -2.99. The highest BCUT2D eigenvalue weighted by Crippen LogP contribution is 2.22. The minimum atomic E-state index is -0.446. The van der Waals surface area contributed by atoms with Crippen molar-refractivity contribution in [1.82, 2.24) is 5.32 Å². The first-order chi connectivity index (χ1) is 13.5. The van der Waals surface area contributed by atoms with Crippen LogP contribution in [0.4, 0.5) is 10.1 Å². The van der Waals surface area contributed by atoms with Crippen molar-refractivity contribution in [2.24, 2.45) is 0 Å². The van der Waals surface area contributed by atoms with Gasteiger partial charge in [-0.05, 0) is 58.7 Å². The summed E-state index contributed by atoms with van der Waals surface area (Å²) in [5.41, 5.74) is 1.97. The van der Waals surface area contributed by atoms with E-state index in [9.17, 15) is 14.0 Å². The Labute approximate surface area is 170 Å². The van der Waals surface area contributed by atoms with E-state index in [-0.39, 0.29) is 17.5 Å². The van der Waals surface area contributed by atoms with Crippen LogP contribution in [0.2, 0.25) is 0 Å². The lowest BCUT2D eigenvalue weighted by molar-refractivity contribution is 0.0941. The molecular formula is C22H18BrFN2O2. The molecule has 0 aliphatic rings. The molecule has 0 heterocycles. The van der Waals surface area contributed by atoms with Crippen molar-refractivity contribution in [3.63, 3.8) is 0 Å². The SMILES string of the molecule is CC(NC(=O)c1ccccc1NC(=O)c1ccc(F)cc1Br)c1ccccc1. The third kappa shape index (κ3) is 4.64. The number of para-hydroxylation sites is 1. The van der Waals surface area contributed by atoms with Crippen molar-refractivity contribution < 1.29 is 14.0 Å². The first-order valence-corrected chi connectivity index (χ1v) is 9.46. The smallest absolute Gasteiger partial charge is 0.256 e. The topological polar surface area (TPSA) is 58.2 Å². The lowest BCUT2D eigenvalue weighted by Crippen LogP contribution is -2.28. The maximum Gasteiger partial charge on any atom is 0.256 e. The molecule has 0 saturated heterocycles. The molecule has 6 heteroatoms. The van der Waals surface area contributed by atoms with E-state index in [2.05, 4.69) is 26.6 Å². The molecule has 142 valence electrons. The molecule has 3 rings (SSSR count). The van der Waals surface area contributed by atoms with Gasteiger partial charge in [0.15, 0.2) is 0 Å². The molecule has 1 atom stereocenters.